The van der Waals surface area contributed by atoms with Crippen LogP contribution in [0.5, 0.6) is 0 Å². The third-order valence-electron chi connectivity index (χ3n) is 2.60. The van der Waals surface area contributed by atoms with E-state index in [1.54, 1.807) is 24.8 Å². The summed E-state index contributed by atoms with van der Waals surface area (Å²) < 4.78 is 0. The molecule has 5 nitrogen and oxygen atoms in total. The summed E-state index contributed by atoms with van der Waals surface area (Å²) in [5, 5.41) is 4.78. The fraction of sp³-hybridized carbons (Fsp3) is 0. The summed E-state index contributed by atoms with van der Waals surface area (Å²) in [6, 6.07) is 5.68. The first kappa shape index (κ1) is 15.0. The highest BCUT2D eigenvalue weighted by molar-refractivity contribution is 7.99. The van der Waals surface area contributed by atoms with Crippen LogP contribution in [0.4, 0.5) is 11.5 Å². The van der Waals surface area contributed by atoms with Gasteiger partial charge in [0, 0.05) is 17.3 Å². The van der Waals surface area contributed by atoms with Crippen molar-refractivity contribution in [1.29, 1.82) is 0 Å². The molecule has 3 aromatic rings. The fourth-order valence-corrected chi connectivity index (χ4v) is 2.82. The average molecular weight is 350 g/mol. The molecule has 1 N–H and O–H groups in total. The maximum atomic E-state index is 6.43. The summed E-state index contributed by atoms with van der Waals surface area (Å²) in [6.45, 7) is 0. The molecule has 2 aromatic heterocycles. The van der Waals surface area contributed by atoms with Gasteiger partial charge in [0.05, 0.1) is 29.3 Å². The molecule has 2 heterocycles. The van der Waals surface area contributed by atoms with Gasteiger partial charge in [-0.05, 0) is 12.1 Å². The highest BCUT2D eigenvalue weighted by atomic mass is 35.5. The number of nitrogens with one attached hydrogen (secondary N) is 1. The molecule has 22 heavy (non-hydrogen) atoms. The van der Waals surface area contributed by atoms with Crippen molar-refractivity contribution in [2.75, 3.05) is 5.32 Å². The van der Waals surface area contributed by atoms with Crippen molar-refractivity contribution in [1.82, 2.24) is 19.9 Å². The number of benzene rings is 1. The molecule has 1 aromatic carbocycles. The third-order valence-corrected chi connectivity index (χ3v) is 4.29. The van der Waals surface area contributed by atoms with E-state index < -0.39 is 0 Å². The maximum absolute atomic E-state index is 6.43. The minimum Gasteiger partial charge on any atom is -0.338 e. The van der Waals surface area contributed by atoms with Gasteiger partial charge in [-0.15, -0.1) is 0 Å². The molecular weight excluding hydrogens is 341 g/mol. The van der Waals surface area contributed by atoms with Gasteiger partial charge < -0.3 is 5.32 Å². The zero-order valence-corrected chi connectivity index (χ0v) is 13.4. The van der Waals surface area contributed by atoms with Gasteiger partial charge >= 0.3 is 0 Å². The molecule has 0 aliphatic carbocycles. The van der Waals surface area contributed by atoms with Gasteiger partial charge in [-0.1, -0.05) is 41.0 Å². The molecule has 3 rings (SSSR count). The molecule has 0 fully saturated rings. The second-order valence-corrected chi connectivity index (χ2v) is 5.94. The van der Waals surface area contributed by atoms with Crippen LogP contribution in [0.2, 0.25) is 10.2 Å². The van der Waals surface area contributed by atoms with Crippen LogP contribution in [0, 0.1) is 0 Å². The predicted octanol–water partition coefficient (Wildman–Crippen LogP) is 4.47. The van der Waals surface area contributed by atoms with Gasteiger partial charge in [0.1, 0.15) is 16.0 Å². The average Bonchev–Trinajstić information content (AvgIpc) is 2.54. The molecule has 0 amide bonds. The van der Waals surface area contributed by atoms with Gasteiger partial charge in [0.15, 0.2) is 0 Å². The molecule has 0 bridgehead atoms. The van der Waals surface area contributed by atoms with E-state index in [1.165, 1.54) is 18.0 Å². The summed E-state index contributed by atoms with van der Waals surface area (Å²) in [4.78, 5) is 17.2. The van der Waals surface area contributed by atoms with Crippen molar-refractivity contribution in [3.63, 3.8) is 0 Å². The molecule has 0 aliphatic heterocycles. The first-order valence-corrected chi connectivity index (χ1v) is 7.76. The number of aromatic nitrogens is 4. The van der Waals surface area contributed by atoms with Crippen LogP contribution in [-0.4, -0.2) is 19.9 Å². The van der Waals surface area contributed by atoms with Gasteiger partial charge in [-0.2, -0.15) is 0 Å². The number of hydrogen-bond donors (Lipinski definition) is 1. The molecule has 8 heteroatoms. The molecule has 0 radical (unpaired) electrons. The lowest BCUT2D eigenvalue weighted by Crippen LogP contribution is -1.95. The number of anilines is 2. The van der Waals surface area contributed by atoms with Crippen LogP contribution < -0.4 is 5.32 Å². The Hall–Kier alpha value is -1.89. The quantitative estimate of drug-likeness (QED) is 0.749. The molecule has 0 saturated heterocycles. The number of nitrogens with zero attached hydrogens (tertiary/aromatic N) is 4. The second kappa shape index (κ2) is 6.91. The Morgan fingerprint density at radius 3 is 2.59 bits per heavy atom. The predicted molar refractivity (Wildman–Crippen MR) is 87.9 cm³/mol. The largest absolute Gasteiger partial charge is 0.338 e. The van der Waals surface area contributed by atoms with E-state index in [4.69, 9.17) is 23.2 Å². The van der Waals surface area contributed by atoms with E-state index in [9.17, 15) is 0 Å². The number of hydrogen-bond acceptors (Lipinski definition) is 6. The molecule has 0 atom stereocenters. The van der Waals surface area contributed by atoms with Crippen molar-refractivity contribution in [2.24, 2.45) is 0 Å². The second-order valence-electron chi connectivity index (χ2n) is 4.11. The minimum absolute atomic E-state index is 0.355. The Labute approximate surface area is 141 Å². The summed E-state index contributed by atoms with van der Waals surface area (Å²) in [7, 11) is 0. The van der Waals surface area contributed by atoms with E-state index in [1.807, 2.05) is 18.2 Å². The van der Waals surface area contributed by atoms with Crippen LogP contribution in [0.1, 0.15) is 0 Å². The lowest BCUT2D eigenvalue weighted by molar-refractivity contribution is 1.06. The Morgan fingerprint density at radius 1 is 0.955 bits per heavy atom. The monoisotopic (exact) mass is 349 g/mol. The Bertz CT molecular complexity index is 768. The number of halogens is 2. The molecule has 110 valence electrons. The molecular formula is C14H9Cl2N5S. The van der Waals surface area contributed by atoms with Gasteiger partial charge in [0.2, 0.25) is 0 Å². The first-order chi connectivity index (χ1) is 10.7. The van der Waals surface area contributed by atoms with Gasteiger partial charge in [-0.3, -0.25) is 4.98 Å². The first-order valence-electron chi connectivity index (χ1n) is 6.19. The molecule has 0 spiro atoms. The summed E-state index contributed by atoms with van der Waals surface area (Å²) in [5.74, 6) is 0.623. The Kier molecular flexibility index (Phi) is 4.72. The van der Waals surface area contributed by atoms with Crippen molar-refractivity contribution < 1.29 is 0 Å². The zero-order valence-electron chi connectivity index (χ0n) is 11.1. The standard InChI is InChI=1S/C14H9Cl2N5S/c15-11-6-20-13(8-19-11)22-10-3-1-2-9(14(10)16)21-12-7-17-4-5-18-12/h1-8H,(H,18,21). The number of rotatable bonds is 4. The third kappa shape index (κ3) is 3.65. The van der Waals surface area contributed by atoms with Crippen LogP contribution in [0.25, 0.3) is 0 Å². The van der Waals surface area contributed by atoms with Crippen molar-refractivity contribution in [3.05, 3.63) is 59.4 Å². The van der Waals surface area contributed by atoms with Crippen LogP contribution in [-0.2, 0) is 0 Å². The smallest absolute Gasteiger partial charge is 0.148 e. The van der Waals surface area contributed by atoms with E-state index in [-0.39, 0.29) is 0 Å². The van der Waals surface area contributed by atoms with E-state index in [0.717, 1.165) is 10.6 Å². The highest BCUT2D eigenvalue weighted by Crippen LogP contribution is 2.37. The van der Waals surface area contributed by atoms with Gasteiger partial charge in [0.25, 0.3) is 0 Å². The minimum atomic E-state index is 0.355. The molecule has 0 saturated carbocycles. The molecule has 0 unspecified atom stereocenters. The maximum Gasteiger partial charge on any atom is 0.148 e. The van der Waals surface area contributed by atoms with E-state index in [0.29, 0.717) is 21.0 Å². The summed E-state index contributed by atoms with van der Waals surface area (Å²) >= 11 is 13.6. The molecule has 0 aliphatic rings. The van der Waals surface area contributed by atoms with Crippen LogP contribution >= 0.6 is 35.0 Å². The van der Waals surface area contributed by atoms with Crippen molar-refractivity contribution >= 4 is 46.5 Å². The van der Waals surface area contributed by atoms with E-state index in [2.05, 4.69) is 25.3 Å². The lowest BCUT2D eigenvalue weighted by atomic mass is 10.3. The SMILES string of the molecule is Clc1cnc(Sc2cccc(Nc3cnccn3)c2Cl)cn1. The van der Waals surface area contributed by atoms with Crippen LogP contribution in [0.15, 0.2) is 59.1 Å². The fourth-order valence-electron chi connectivity index (χ4n) is 1.65. The Morgan fingerprint density at radius 2 is 1.86 bits per heavy atom. The van der Waals surface area contributed by atoms with Crippen molar-refractivity contribution in [3.8, 4) is 0 Å². The summed E-state index contributed by atoms with van der Waals surface area (Å²) in [5.41, 5.74) is 0.745. The highest BCUT2D eigenvalue weighted by Gasteiger charge is 2.09. The topological polar surface area (TPSA) is 63.6 Å². The lowest BCUT2D eigenvalue weighted by Gasteiger charge is -2.10. The Balaban J connectivity index is 1.84. The normalized spacial score (nSPS) is 10.5. The van der Waals surface area contributed by atoms with Crippen molar-refractivity contribution in [2.45, 2.75) is 9.92 Å². The summed E-state index contributed by atoms with van der Waals surface area (Å²) in [6.07, 6.45) is 7.95. The van der Waals surface area contributed by atoms with Gasteiger partial charge in [-0.25, -0.2) is 15.0 Å². The van der Waals surface area contributed by atoms with E-state index >= 15 is 0 Å². The van der Waals surface area contributed by atoms with Crippen LogP contribution in [0.3, 0.4) is 0 Å². The zero-order chi connectivity index (χ0) is 15.4.